The summed E-state index contributed by atoms with van der Waals surface area (Å²) in [6, 6.07) is 0.294. The molecular weight excluding hydrogens is 162 g/mol. The van der Waals surface area contributed by atoms with Crippen LogP contribution in [0.1, 0.15) is 6.42 Å². The number of amides is 1. The van der Waals surface area contributed by atoms with Crippen molar-refractivity contribution < 1.29 is 4.79 Å². The zero-order valence-electron chi connectivity index (χ0n) is 5.91. The summed E-state index contributed by atoms with van der Waals surface area (Å²) in [6.07, 6.45) is 2.47. The zero-order valence-corrected chi connectivity index (χ0v) is 6.73. The highest BCUT2D eigenvalue weighted by molar-refractivity contribution is 8.00. The summed E-state index contributed by atoms with van der Waals surface area (Å²) in [5, 5.41) is 4.75. The fourth-order valence-electron chi connectivity index (χ4n) is 1.18. The second-order valence-electron chi connectivity index (χ2n) is 2.53. The molecule has 0 aromatic rings. The van der Waals surface area contributed by atoms with E-state index >= 15 is 0 Å². The summed E-state index contributed by atoms with van der Waals surface area (Å²) in [5.41, 5.74) is 3.04. The van der Waals surface area contributed by atoms with Crippen molar-refractivity contribution in [2.75, 3.05) is 6.54 Å². The van der Waals surface area contributed by atoms with E-state index in [1.54, 1.807) is 11.9 Å². The van der Waals surface area contributed by atoms with Crippen molar-refractivity contribution in [3.8, 4) is 0 Å². The number of rotatable bonds is 1. The number of hydrogen-bond acceptors (Lipinski definition) is 4. The lowest BCUT2D eigenvalue weighted by Crippen LogP contribution is -2.36. The average molecular weight is 171 g/mol. The number of hydrazine groups is 1. The molecule has 60 valence electrons. The number of nitrogens with one attached hydrogen (secondary N) is 2. The number of carbonyl (C=O) groups excluding carboxylic acids is 1. The van der Waals surface area contributed by atoms with Gasteiger partial charge in [-0.15, -0.1) is 0 Å². The lowest BCUT2D eigenvalue weighted by Gasteiger charge is -2.19. The van der Waals surface area contributed by atoms with Crippen LogP contribution in [-0.2, 0) is 4.79 Å². The average Bonchev–Trinajstić information content (AvgIpc) is 2.55. The highest BCUT2D eigenvalue weighted by atomic mass is 32.2. The van der Waals surface area contributed by atoms with E-state index in [4.69, 9.17) is 0 Å². The Kier molecular flexibility index (Phi) is 1.75. The monoisotopic (exact) mass is 171 g/mol. The van der Waals surface area contributed by atoms with Crippen molar-refractivity contribution in [3.63, 3.8) is 0 Å². The zero-order chi connectivity index (χ0) is 7.68. The molecule has 11 heavy (non-hydrogen) atoms. The van der Waals surface area contributed by atoms with Gasteiger partial charge in [0.25, 0.3) is 0 Å². The topological polar surface area (TPSA) is 44.4 Å². The smallest absolute Gasteiger partial charge is 0.221 e. The molecule has 1 amide bonds. The molecule has 5 heteroatoms. The van der Waals surface area contributed by atoms with Gasteiger partial charge in [-0.2, -0.15) is 4.41 Å². The van der Waals surface area contributed by atoms with E-state index in [2.05, 4.69) is 10.7 Å². The van der Waals surface area contributed by atoms with Gasteiger partial charge in [-0.1, -0.05) is 0 Å². The third kappa shape index (κ3) is 1.34. The van der Waals surface area contributed by atoms with Gasteiger partial charge < -0.3 is 10.7 Å². The van der Waals surface area contributed by atoms with Gasteiger partial charge in [-0.25, -0.2) is 0 Å². The maximum absolute atomic E-state index is 10.8. The van der Waals surface area contributed by atoms with E-state index in [1.165, 1.54) is 0 Å². The van der Waals surface area contributed by atoms with Gasteiger partial charge >= 0.3 is 0 Å². The van der Waals surface area contributed by atoms with Crippen LogP contribution < -0.4 is 10.7 Å². The summed E-state index contributed by atoms with van der Waals surface area (Å²) >= 11 is 1.59. The Balaban J connectivity index is 1.91. The van der Waals surface area contributed by atoms with Crippen LogP contribution in [0.25, 0.3) is 0 Å². The second kappa shape index (κ2) is 2.75. The lowest BCUT2D eigenvalue weighted by molar-refractivity contribution is -0.119. The first-order valence-corrected chi connectivity index (χ1v) is 4.34. The van der Waals surface area contributed by atoms with Gasteiger partial charge in [0.2, 0.25) is 5.91 Å². The predicted octanol–water partition coefficient (Wildman–Crippen LogP) is -0.185. The fraction of sp³-hybridized carbons (Fsp3) is 0.500. The maximum atomic E-state index is 10.8. The van der Waals surface area contributed by atoms with E-state index in [0.717, 1.165) is 6.54 Å². The SMILES string of the molecule is O=C1CC(N2NC=CS2)CN1. The van der Waals surface area contributed by atoms with Crippen LogP contribution in [-0.4, -0.2) is 22.9 Å². The van der Waals surface area contributed by atoms with Gasteiger partial charge in [0.15, 0.2) is 0 Å². The van der Waals surface area contributed by atoms with Crippen molar-refractivity contribution in [1.29, 1.82) is 0 Å². The van der Waals surface area contributed by atoms with Crippen LogP contribution in [0.4, 0.5) is 0 Å². The fourth-order valence-corrected chi connectivity index (χ4v) is 1.87. The Morgan fingerprint density at radius 3 is 3.18 bits per heavy atom. The molecule has 2 aliphatic rings. The van der Waals surface area contributed by atoms with Gasteiger partial charge in [-0.05, 0) is 11.9 Å². The van der Waals surface area contributed by atoms with E-state index in [1.807, 2.05) is 16.0 Å². The van der Waals surface area contributed by atoms with Crippen molar-refractivity contribution in [1.82, 2.24) is 15.2 Å². The highest BCUT2D eigenvalue weighted by Crippen LogP contribution is 2.20. The molecular formula is C6H9N3OS. The first kappa shape index (κ1) is 7.00. The molecule has 0 aromatic heterocycles. The Bertz CT molecular complexity index is 198. The molecule has 0 aromatic carbocycles. The molecule has 1 unspecified atom stereocenters. The van der Waals surface area contributed by atoms with Crippen molar-refractivity contribution in [3.05, 3.63) is 11.6 Å². The predicted molar refractivity (Wildman–Crippen MR) is 43.1 cm³/mol. The number of carbonyl (C=O) groups is 1. The molecule has 2 rings (SSSR count). The normalized spacial score (nSPS) is 30.5. The Hall–Kier alpha value is -0.680. The summed E-state index contributed by atoms with van der Waals surface area (Å²) in [6.45, 7) is 0.751. The van der Waals surface area contributed by atoms with Crippen LogP contribution in [0.2, 0.25) is 0 Å². The molecule has 1 saturated heterocycles. The quantitative estimate of drug-likeness (QED) is 0.537. The molecule has 2 N–H and O–H groups in total. The molecule has 0 bridgehead atoms. The molecule has 1 atom stereocenters. The molecule has 0 saturated carbocycles. The molecule has 1 fully saturated rings. The van der Waals surface area contributed by atoms with E-state index in [9.17, 15) is 4.79 Å². The molecule has 4 nitrogen and oxygen atoms in total. The van der Waals surface area contributed by atoms with Crippen LogP contribution in [0.5, 0.6) is 0 Å². The maximum Gasteiger partial charge on any atom is 0.221 e. The third-order valence-corrected chi connectivity index (χ3v) is 2.62. The minimum atomic E-state index is 0.143. The minimum absolute atomic E-state index is 0.143. The molecule has 2 heterocycles. The lowest BCUT2D eigenvalue weighted by atomic mass is 10.3. The van der Waals surface area contributed by atoms with Crippen LogP contribution >= 0.6 is 11.9 Å². The molecule has 2 aliphatic heterocycles. The van der Waals surface area contributed by atoms with Crippen molar-refractivity contribution in [2.24, 2.45) is 0 Å². The van der Waals surface area contributed by atoms with Crippen LogP contribution in [0, 0.1) is 0 Å². The summed E-state index contributed by atoms with van der Waals surface area (Å²) in [4.78, 5) is 10.8. The summed E-state index contributed by atoms with van der Waals surface area (Å²) < 4.78 is 1.98. The Labute approximate surface area is 69.1 Å². The van der Waals surface area contributed by atoms with E-state index in [0.29, 0.717) is 12.5 Å². The van der Waals surface area contributed by atoms with Crippen LogP contribution in [0.15, 0.2) is 11.6 Å². The van der Waals surface area contributed by atoms with Gasteiger partial charge in [-0.3, -0.25) is 4.79 Å². The van der Waals surface area contributed by atoms with Crippen molar-refractivity contribution >= 4 is 17.9 Å². The standard InChI is InChI=1S/C6H9N3OS/c10-6-3-5(4-7-6)9-8-1-2-11-9/h1-2,5,8H,3-4H2,(H,7,10). The summed E-state index contributed by atoms with van der Waals surface area (Å²) in [5.74, 6) is 0.143. The van der Waals surface area contributed by atoms with Gasteiger partial charge in [0.05, 0.1) is 6.04 Å². The molecule has 0 aliphatic carbocycles. The Morgan fingerprint density at radius 1 is 1.73 bits per heavy atom. The summed E-state index contributed by atoms with van der Waals surface area (Å²) in [7, 11) is 0. The first-order chi connectivity index (χ1) is 5.36. The largest absolute Gasteiger partial charge is 0.354 e. The number of nitrogens with zero attached hydrogens (tertiary/aromatic N) is 1. The third-order valence-electron chi connectivity index (χ3n) is 1.73. The molecule has 0 spiro atoms. The van der Waals surface area contributed by atoms with Crippen LogP contribution in [0.3, 0.4) is 0 Å². The Morgan fingerprint density at radius 2 is 2.64 bits per heavy atom. The van der Waals surface area contributed by atoms with E-state index in [-0.39, 0.29) is 5.91 Å². The van der Waals surface area contributed by atoms with Gasteiger partial charge in [0.1, 0.15) is 0 Å². The van der Waals surface area contributed by atoms with Gasteiger partial charge in [0, 0.05) is 24.6 Å². The van der Waals surface area contributed by atoms with Crippen molar-refractivity contribution in [2.45, 2.75) is 12.5 Å². The second-order valence-corrected chi connectivity index (χ2v) is 3.40. The first-order valence-electron chi connectivity index (χ1n) is 3.50. The minimum Gasteiger partial charge on any atom is -0.354 e. The van der Waals surface area contributed by atoms with E-state index < -0.39 is 0 Å². The highest BCUT2D eigenvalue weighted by Gasteiger charge is 2.28. The molecule has 0 radical (unpaired) electrons. The number of hydrogen-bond donors (Lipinski definition) is 2.